The Morgan fingerprint density at radius 2 is 1.71 bits per heavy atom. The maximum absolute atomic E-state index is 5.41. The molecule has 0 radical (unpaired) electrons. The van der Waals surface area contributed by atoms with Crippen LogP contribution in [-0.2, 0) is 14.2 Å². The summed E-state index contributed by atoms with van der Waals surface area (Å²) in [5.74, 6) is -1.02. The maximum atomic E-state index is 5.41. The Hall–Kier alpha value is -0.200. The Morgan fingerprint density at radius 1 is 1.21 bits per heavy atom. The fourth-order valence-corrected chi connectivity index (χ4v) is 1.45. The molecule has 0 aliphatic rings. The molecule has 0 fully saturated rings. The molecule has 86 valence electrons. The molecule has 5 nitrogen and oxygen atoms in total. The summed E-state index contributed by atoms with van der Waals surface area (Å²) in [5, 5.41) is 3.21. The van der Waals surface area contributed by atoms with Crippen LogP contribution in [0.2, 0.25) is 0 Å². The lowest BCUT2D eigenvalue weighted by atomic mass is 10.2. The molecular formula is C9H22N2O3. The Labute approximate surface area is 85.9 Å². The van der Waals surface area contributed by atoms with Crippen LogP contribution in [0, 0.1) is 0 Å². The van der Waals surface area contributed by atoms with Gasteiger partial charge in [-0.3, -0.25) is 0 Å². The van der Waals surface area contributed by atoms with Crippen LogP contribution >= 0.6 is 0 Å². The Bertz CT molecular complexity index is 132. The molecule has 0 spiro atoms. The van der Waals surface area contributed by atoms with Gasteiger partial charge in [0, 0.05) is 34.4 Å². The van der Waals surface area contributed by atoms with E-state index in [0.29, 0.717) is 13.1 Å². The van der Waals surface area contributed by atoms with Crippen LogP contribution in [0.4, 0.5) is 0 Å². The Kier molecular flexibility index (Phi) is 7.04. The van der Waals surface area contributed by atoms with E-state index >= 15 is 0 Å². The molecule has 0 bridgehead atoms. The normalized spacial score (nSPS) is 14.4. The zero-order chi connectivity index (χ0) is 11.0. The third-order valence-electron chi connectivity index (χ3n) is 2.22. The highest BCUT2D eigenvalue weighted by molar-refractivity contribution is 4.76. The summed E-state index contributed by atoms with van der Waals surface area (Å²) in [4.78, 5) is 0. The van der Waals surface area contributed by atoms with Gasteiger partial charge in [-0.05, 0) is 6.42 Å². The first-order valence-electron chi connectivity index (χ1n) is 4.79. The van der Waals surface area contributed by atoms with Crippen LogP contribution in [0.3, 0.4) is 0 Å². The van der Waals surface area contributed by atoms with Crippen molar-refractivity contribution in [1.82, 2.24) is 5.32 Å². The van der Waals surface area contributed by atoms with Gasteiger partial charge < -0.3 is 25.3 Å². The smallest absolute Gasteiger partial charge is 0.298 e. The van der Waals surface area contributed by atoms with Crippen LogP contribution in [0.5, 0.6) is 0 Å². The summed E-state index contributed by atoms with van der Waals surface area (Å²) in [5.41, 5.74) is 5.41. The number of hydrogen-bond acceptors (Lipinski definition) is 5. The predicted octanol–water partition coefficient (Wildman–Crippen LogP) is -0.0937. The van der Waals surface area contributed by atoms with Gasteiger partial charge in [-0.1, -0.05) is 6.92 Å². The van der Waals surface area contributed by atoms with Gasteiger partial charge in [0.2, 0.25) is 0 Å². The lowest BCUT2D eigenvalue weighted by Gasteiger charge is -2.36. The summed E-state index contributed by atoms with van der Waals surface area (Å²) >= 11 is 0. The van der Waals surface area contributed by atoms with Crippen molar-refractivity contribution in [3.05, 3.63) is 0 Å². The van der Waals surface area contributed by atoms with Crippen molar-refractivity contribution >= 4 is 0 Å². The quantitative estimate of drug-likeness (QED) is 0.543. The molecule has 0 amide bonds. The average molecular weight is 206 g/mol. The van der Waals surface area contributed by atoms with Crippen molar-refractivity contribution in [3.63, 3.8) is 0 Å². The minimum Gasteiger partial charge on any atom is -0.330 e. The second-order valence-corrected chi connectivity index (χ2v) is 2.92. The van der Waals surface area contributed by atoms with E-state index in [1.54, 1.807) is 21.3 Å². The summed E-state index contributed by atoms with van der Waals surface area (Å²) in [6.07, 6.45) is 0.829. The maximum Gasteiger partial charge on any atom is 0.298 e. The van der Waals surface area contributed by atoms with E-state index in [4.69, 9.17) is 19.9 Å². The minimum absolute atomic E-state index is 0.0361. The number of methoxy groups -OCH3 is 3. The van der Waals surface area contributed by atoms with E-state index in [1.165, 1.54) is 0 Å². The zero-order valence-electron chi connectivity index (χ0n) is 9.50. The van der Waals surface area contributed by atoms with Crippen molar-refractivity contribution < 1.29 is 14.2 Å². The third-order valence-corrected chi connectivity index (χ3v) is 2.22. The molecule has 0 saturated carbocycles. The van der Waals surface area contributed by atoms with Gasteiger partial charge in [-0.15, -0.1) is 0 Å². The van der Waals surface area contributed by atoms with Gasteiger partial charge in [-0.2, -0.15) is 0 Å². The molecule has 0 saturated heterocycles. The summed E-state index contributed by atoms with van der Waals surface area (Å²) in [7, 11) is 4.67. The fourth-order valence-electron chi connectivity index (χ4n) is 1.45. The summed E-state index contributed by atoms with van der Waals surface area (Å²) in [6, 6.07) is -0.0361. The topological polar surface area (TPSA) is 65.7 Å². The van der Waals surface area contributed by atoms with Gasteiger partial charge in [0.05, 0.1) is 6.04 Å². The lowest BCUT2D eigenvalue weighted by Crippen LogP contribution is -2.55. The highest BCUT2D eigenvalue weighted by atomic mass is 16.9. The van der Waals surface area contributed by atoms with E-state index in [1.807, 2.05) is 6.92 Å². The first-order valence-corrected chi connectivity index (χ1v) is 4.79. The molecule has 0 rings (SSSR count). The van der Waals surface area contributed by atoms with E-state index in [-0.39, 0.29) is 6.04 Å². The lowest BCUT2D eigenvalue weighted by molar-refractivity contribution is -0.365. The van der Waals surface area contributed by atoms with Crippen molar-refractivity contribution in [2.24, 2.45) is 5.73 Å². The zero-order valence-corrected chi connectivity index (χ0v) is 9.50. The molecule has 3 N–H and O–H groups in total. The standard InChI is InChI=1S/C9H22N2O3/c1-5-8(11-7-6-10)9(12-2,13-3)14-4/h8,11H,5-7,10H2,1-4H3. The SMILES string of the molecule is CCC(NCCN)C(OC)(OC)OC. The highest BCUT2D eigenvalue weighted by Gasteiger charge is 2.38. The molecule has 1 atom stereocenters. The fraction of sp³-hybridized carbons (Fsp3) is 1.00. The molecule has 0 heterocycles. The number of ether oxygens (including phenoxy) is 3. The molecule has 0 aromatic rings. The van der Waals surface area contributed by atoms with Gasteiger partial charge in [0.15, 0.2) is 0 Å². The molecule has 1 unspecified atom stereocenters. The third kappa shape index (κ3) is 3.18. The van der Waals surface area contributed by atoms with Crippen LogP contribution in [0.25, 0.3) is 0 Å². The second kappa shape index (κ2) is 7.14. The van der Waals surface area contributed by atoms with Gasteiger partial charge in [0.25, 0.3) is 5.97 Å². The van der Waals surface area contributed by atoms with E-state index in [0.717, 1.165) is 6.42 Å². The first kappa shape index (κ1) is 13.8. The molecule has 0 aliphatic heterocycles. The van der Waals surface area contributed by atoms with Crippen molar-refractivity contribution in [1.29, 1.82) is 0 Å². The number of nitrogens with one attached hydrogen (secondary N) is 1. The summed E-state index contributed by atoms with van der Waals surface area (Å²) < 4.78 is 15.7. The van der Waals surface area contributed by atoms with Crippen molar-refractivity contribution in [2.75, 3.05) is 34.4 Å². The molecule has 5 heteroatoms. The minimum atomic E-state index is -1.02. The Morgan fingerprint density at radius 3 is 2.00 bits per heavy atom. The molecule has 0 aromatic heterocycles. The van der Waals surface area contributed by atoms with Gasteiger partial charge in [-0.25, -0.2) is 0 Å². The van der Waals surface area contributed by atoms with Crippen LogP contribution < -0.4 is 11.1 Å². The van der Waals surface area contributed by atoms with Crippen LogP contribution in [0.1, 0.15) is 13.3 Å². The van der Waals surface area contributed by atoms with Crippen LogP contribution in [0.15, 0.2) is 0 Å². The monoisotopic (exact) mass is 206 g/mol. The average Bonchev–Trinajstić information content (AvgIpc) is 2.25. The van der Waals surface area contributed by atoms with Gasteiger partial charge >= 0.3 is 0 Å². The Balaban J connectivity index is 4.40. The second-order valence-electron chi connectivity index (χ2n) is 2.92. The largest absolute Gasteiger partial charge is 0.330 e. The number of nitrogens with two attached hydrogens (primary N) is 1. The van der Waals surface area contributed by atoms with E-state index in [9.17, 15) is 0 Å². The number of hydrogen-bond donors (Lipinski definition) is 2. The van der Waals surface area contributed by atoms with Crippen molar-refractivity contribution in [3.8, 4) is 0 Å². The predicted molar refractivity (Wildman–Crippen MR) is 54.9 cm³/mol. The van der Waals surface area contributed by atoms with Gasteiger partial charge in [0.1, 0.15) is 0 Å². The van der Waals surface area contributed by atoms with E-state index < -0.39 is 5.97 Å². The molecule has 14 heavy (non-hydrogen) atoms. The van der Waals surface area contributed by atoms with E-state index in [2.05, 4.69) is 5.32 Å². The van der Waals surface area contributed by atoms with Crippen LogP contribution in [-0.4, -0.2) is 46.4 Å². The molecule has 0 aromatic carbocycles. The van der Waals surface area contributed by atoms with Crippen molar-refractivity contribution in [2.45, 2.75) is 25.4 Å². The highest BCUT2D eigenvalue weighted by Crippen LogP contribution is 2.19. The number of rotatable bonds is 8. The first-order chi connectivity index (χ1) is 6.70. The summed E-state index contributed by atoms with van der Waals surface area (Å²) in [6.45, 7) is 3.31. The molecular weight excluding hydrogens is 184 g/mol. The molecule has 0 aliphatic carbocycles.